The fourth-order valence-electron chi connectivity index (χ4n) is 2.86. The number of fused-ring (bicyclic) bond motifs is 1. The predicted molar refractivity (Wildman–Crippen MR) is 104 cm³/mol. The molecule has 0 aliphatic carbocycles. The van der Waals surface area contributed by atoms with Crippen LogP contribution in [0.1, 0.15) is 28.4 Å². The van der Waals surface area contributed by atoms with Crippen LogP contribution in [0.5, 0.6) is 0 Å². The minimum absolute atomic E-state index is 0.0539. The summed E-state index contributed by atoms with van der Waals surface area (Å²) < 4.78 is 0. The summed E-state index contributed by atoms with van der Waals surface area (Å²) >= 11 is 2.65. The summed E-state index contributed by atoms with van der Waals surface area (Å²) in [6, 6.07) is 14.1. The molecule has 1 N–H and O–H groups in total. The highest BCUT2D eigenvalue weighted by atomic mass is 32.2. The Kier molecular flexibility index (Phi) is 4.23. The lowest BCUT2D eigenvalue weighted by Crippen LogP contribution is -2.11. The molecule has 0 bridgehead atoms. The van der Waals surface area contributed by atoms with Crippen molar-refractivity contribution < 1.29 is 4.79 Å². The van der Waals surface area contributed by atoms with Gasteiger partial charge in [0.05, 0.1) is 9.95 Å². The van der Waals surface area contributed by atoms with E-state index in [0.29, 0.717) is 15.0 Å². The normalized spacial score (nSPS) is 19.2. The topological polar surface area (TPSA) is 66.7 Å². The van der Waals surface area contributed by atoms with Crippen LogP contribution in [-0.4, -0.2) is 21.0 Å². The monoisotopic (exact) mass is 365 g/mol. The van der Waals surface area contributed by atoms with Crippen molar-refractivity contribution in [3.05, 3.63) is 62.9 Å². The third kappa shape index (κ3) is 2.92. The lowest BCUT2D eigenvalue weighted by atomic mass is 10.0. The molecule has 0 amide bonds. The molecular formula is C19H15N3OS2. The molecule has 3 aromatic rings. The second kappa shape index (κ2) is 6.54. The number of nitrogens with one attached hydrogen (secondary N) is 1. The van der Waals surface area contributed by atoms with Crippen molar-refractivity contribution in [1.29, 1.82) is 5.41 Å². The van der Waals surface area contributed by atoms with Gasteiger partial charge in [0.25, 0.3) is 0 Å². The maximum atomic E-state index is 12.9. The number of ketones is 1. The molecule has 4 rings (SSSR count). The lowest BCUT2D eigenvalue weighted by Gasteiger charge is -2.03. The molecule has 0 radical (unpaired) electrons. The zero-order valence-electron chi connectivity index (χ0n) is 13.5. The number of thioether (sulfide) groups is 1. The van der Waals surface area contributed by atoms with Gasteiger partial charge in [0.2, 0.25) is 0 Å². The van der Waals surface area contributed by atoms with Gasteiger partial charge < -0.3 is 0 Å². The van der Waals surface area contributed by atoms with Crippen molar-refractivity contribution in [3.63, 3.8) is 0 Å². The van der Waals surface area contributed by atoms with E-state index in [1.807, 2.05) is 43.3 Å². The van der Waals surface area contributed by atoms with Crippen LogP contribution in [0.3, 0.4) is 0 Å². The van der Waals surface area contributed by atoms with Crippen molar-refractivity contribution in [3.8, 4) is 0 Å². The van der Waals surface area contributed by atoms with Gasteiger partial charge in [0.1, 0.15) is 15.9 Å². The van der Waals surface area contributed by atoms with Crippen LogP contribution in [0.25, 0.3) is 16.8 Å². The third-order valence-corrected chi connectivity index (χ3v) is 6.26. The third-order valence-electron chi connectivity index (χ3n) is 4.13. The molecule has 1 saturated heterocycles. The lowest BCUT2D eigenvalue weighted by molar-refractivity contribution is -0.114. The highest BCUT2D eigenvalue weighted by Gasteiger charge is 2.39. The van der Waals surface area contributed by atoms with E-state index in [1.165, 1.54) is 23.1 Å². The van der Waals surface area contributed by atoms with Crippen LogP contribution in [0.15, 0.2) is 47.4 Å². The van der Waals surface area contributed by atoms with E-state index in [-0.39, 0.29) is 5.78 Å². The number of aromatic nitrogens is 2. The van der Waals surface area contributed by atoms with Gasteiger partial charge in [-0.05, 0) is 28.8 Å². The van der Waals surface area contributed by atoms with Crippen molar-refractivity contribution in [2.45, 2.75) is 19.3 Å². The minimum atomic E-state index is -0.593. The van der Waals surface area contributed by atoms with Crippen LogP contribution >= 0.6 is 23.1 Å². The van der Waals surface area contributed by atoms with Crippen molar-refractivity contribution in [2.24, 2.45) is 0 Å². The number of benzene rings is 2. The summed E-state index contributed by atoms with van der Waals surface area (Å²) in [6.45, 7) is 2.01. The number of hydrogen-bond donors (Lipinski definition) is 1. The molecule has 2 heterocycles. The number of carbonyl (C=O) groups excluding carboxylic acids is 1. The Morgan fingerprint density at radius 3 is 2.76 bits per heavy atom. The Hall–Kier alpha value is -2.31. The van der Waals surface area contributed by atoms with Crippen LogP contribution in [0, 0.1) is 5.41 Å². The van der Waals surface area contributed by atoms with E-state index in [1.54, 1.807) is 0 Å². The van der Waals surface area contributed by atoms with Gasteiger partial charge >= 0.3 is 0 Å². The number of carbonyl (C=O) groups is 1. The standard InChI is InChI=1S/C19H15N3OS2/c1-2-15-21-22-19(25-15)16-17(23)14(24-18(16)20)10-12-8-5-7-11-6-3-4-9-13(11)12/h3-10,16,20H,2H2,1H3/b14-10-,20-18?/t16-/m0/s1. The van der Waals surface area contributed by atoms with E-state index >= 15 is 0 Å². The molecule has 1 atom stereocenters. The summed E-state index contributed by atoms with van der Waals surface area (Å²) in [7, 11) is 0. The second-order valence-electron chi connectivity index (χ2n) is 5.73. The second-order valence-corrected chi connectivity index (χ2v) is 7.91. The SMILES string of the molecule is CCc1nnc([C@@H]2C(=N)S/C(=C\c3cccc4ccccc34)C2=O)s1. The van der Waals surface area contributed by atoms with Crippen LogP contribution in [0.4, 0.5) is 0 Å². The van der Waals surface area contributed by atoms with Gasteiger partial charge in [0, 0.05) is 0 Å². The maximum absolute atomic E-state index is 12.9. The summed E-state index contributed by atoms with van der Waals surface area (Å²) in [4.78, 5) is 13.5. The molecule has 1 aliphatic rings. The van der Waals surface area contributed by atoms with Crippen LogP contribution < -0.4 is 0 Å². The van der Waals surface area contributed by atoms with Gasteiger partial charge in [-0.25, -0.2) is 0 Å². The first-order valence-corrected chi connectivity index (χ1v) is 9.63. The van der Waals surface area contributed by atoms with Crippen LogP contribution in [0.2, 0.25) is 0 Å². The molecule has 0 spiro atoms. The van der Waals surface area contributed by atoms with E-state index in [4.69, 9.17) is 5.41 Å². The minimum Gasteiger partial charge on any atom is -0.297 e. The zero-order valence-corrected chi connectivity index (χ0v) is 15.2. The average molecular weight is 365 g/mol. The Morgan fingerprint density at radius 2 is 1.96 bits per heavy atom. The molecule has 4 nitrogen and oxygen atoms in total. The Labute approximate surface area is 153 Å². The zero-order chi connectivity index (χ0) is 17.4. The Balaban J connectivity index is 1.73. The number of rotatable bonds is 3. The molecule has 124 valence electrons. The molecule has 1 aliphatic heterocycles. The van der Waals surface area contributed by atoms with E-state index in [9.17, 15) is 4.79 Å². The molecule has 2 aromatic carbocycles. The summed E-state index contributed by atoms with van der Waals surface area (Å²) in [6.07, 6.45) is 2.68. The molecule has 0 saturated carbocycles. The summed E-state index contributed by atoms with van der Waals surface area (Å²) in [5, 5.41) is 20.5. The quantitative estimate of drug-likeness (QED) is 0.685. The first-order valence-electron chi connectivity index (χ1n) is 7.99. The largest absolute Gasteiger partial charge is 0.297 e. The summed E-state index contributed by atoms with van der Waals surface area (Å²) in [5.74, 6) is -0.647. The molecule has 1 aromatic heterocycles. The molecule has 6 heteroatoms. The van der Waals surface area contributed by atoms with E-state index < -0.39 is 5.92 Å². The molecular weight excluding hydrogens is 350 g/mol. The van der Waals surface area contributed by atoms with Crippen LogP contribution in [-0.2, 0) is 11.2 Å². The first-order chi connectivity index (χ1) is 12.2. The predicted octanol–water partition coefficient (Wildman–Crippen LogP) is 4.67. The van der Waals surface area contributed by atoms with E-state index in [0.717, 1.165) is 27.8 Å². The molecule has 1 fully saturated rings. The van der Waals surface area contributed by atoms with Crippen molar-refractivity contribution in [2.75, 3.05) is 0 Å². The molecule has 25 heavy (non-hydrogen) atoms. The highest BCUT2D eigenvalue weighted by Crippen LogP contribution is 2.41. The van der Waals surface area contributed by atoms with Gasteiger partial charge in [-0.15, -0.1) is 21.5 Å². The maximum Gasteiger partial charge on any atom is 0.186 e. The fourth-order valence-corrected chi connectivity index (χ4v) is 4.80. The number of Topliss-reactive ketones (excluding diaryl/α,β-unsaturated/α-hetero) is 1. The van der Waals surface area contributed by atoms with Gasteiger partial charge in [0.15, 0.2) is 5.78 Å². The fraction of sp³-hybridized carbons (Fsp3) is 0.158. The smallest absolute Gasteiger partial charge is 0.186 e. The Morgan fingerprint density at radius 1 is 1.16 bits per heavy atom. The number of nitrogens with zero attached hydrogens (tertiary/aromatic N) is 2. The average Bonchev–Trinajstić information content (AvgIpc) is 3.20. The Bertz CT molecular complexity index is 1020. The first kappa shape index (κ1) is 16.2. The van der Waals surface area contributed by atoms with Gasteiger partial charge in [-0.2, -0.15) is 0 Å². The van der Waals surface area contributed by atoms with Gasteiger partial charge in [-0.3, -0.25) is 10.2 Å². The van der Waals surface area contributed by atoms with Crippen molar-refractivity contribution in [1.82, 2.24) is 10.2 Å². The number of allylic oxidation sites excluding steroid dienone is 1. The van der Waals surface area contributed by atoms with Gasteiger partial charge in [-0.1, -0.05) is 61.2 Å². The van der Waals surface area contributed by atoms with Crippen molar-refractivity contribution >= 4 is 50.8 Å². The summed E-state index contributed by atoms with van der Waals surface area (Å²) in [5.41, 5.74) is 0.994. The highest BCUT2D eigenvalue weighted by molar-refractivity contribution is 8.19. The number of aryl methyl sites for hydroxylation is 1. The van der Waals surface area contributed by atoms with E-state index in [2.05, 4.69) is 22.3 Å². The molecule has 0 unspecified atom stereocenters. The number of hydrogen-bond acceptors (Lipinski definition) is 6.